The summed E-state index contributed by atoms with van der Waals surface area (Å²) in [5, 5.41) is 11.6. The Morgan fingerprint density at radius 3 is 1.90 bits per heavy atom. The molecule has 2 amide bonds. The monoisotopic (exact) mass is 577 g/mol. The predicted octanol–water partition coefficient (Wildman–Crippen LogP) is 5.09. The Balaban J connectivity index is 0.000000956. The molecule has 39 heavy (non-hydrogen) atoms. The first-order valence-electron chi connectivity index (χ1n) is 10.5. The van der Waals surface area contributed by atoms with Crippen LogP contribution < -0.4 is 10.6 Å². The third kappa shape index (κ3) is 10.3. The standard InChI is InChI=1S/C20H19F6N3O3.C2HF3O2/c1-3-32-17(30)11(2)28-18(31)29-15(12-6-8-13(9-7-12)19(21,22)23)16-14(20(24,25)26)5-4-10-27-16;3-2(4,5)1(6)7/h4-11,15H,3H2,1-2H3,(H2,28,29,31);(H,6,7)/t11-,15-;/m0./s1. The second-order valence-corrected chi connectivity index (χ2v) is 7.38. The van der Waals surface area contributed by atoms with Gasteiger partial charge in [0, 0.05) is 6.20 Å². The Bertz CT molecular complexity index is 1130. The summed E-state index contributed by atoms with van der Waals surface area (Å²) in [5.74, 6) is -3.53. The number of nitrogens with one attached hydrogen (secondary N) is 2. The van der Waals surface area contributed by atoms with Crippen LogP contribution in [0.5, 0.6) is 0 Å². The van der Waals surface area contributed by atoms with Gasteiger partial charge in [-0.25, -0.2) is 14.4 Å². The number of carboxylic acids is 1. The Kier molecular flexibility index (Phi) is 11.1. The van der Waals surface area contributed by atoms with Gasteiger partial charge in [0.05, 0.1) is 29.5 Å². The smallest absolute Gasteiger partial charge is 0.475 e. The average Bonchev–Trinajstić information content (AvgIpc) is 2.81. The van der Waals surface area contributed by atoms with Crippen LogP contribution in [0.4, 0.5) is 44.3 Å². The summed E-state index contributed by atoms with van der Waals surface area (Å²) in [6.45, 7) is 2.89. The first-order valence-corrected chi connectivity index (χ1v) is 10.5. The van der Waals surface area contributed by atoms with Gasteiger partial charge >= 0.3 is 36.5 Å². The fraction of sp³-hybridized carbons (Fsp3) is 0.364. The number of ether oxygens (including phenoxy) is 1. The highest BCUT2D eigenvalue weighted by atomic mass is 19.4. The zero-order chi connectivity index (χ0) is 30.2. The van der Waals surface area contributed by atoms with Crippen LogP contribution in [0.1, 0.15) is 42.3 Å². The summed E-state index contributed by atoms with van der Waals surface area (Å²) < 4.78 is 116. The first-order chi connectivity index (χ1) is 17.8. The van der Waals surface area contributed by atoms with Gasteiger partial charge in [0.2, 0.25) is 0 Å². The highest BCUT2D eigenvalue weighted by molar-refractivity contribution is 5.83. The molecule has 0 bridgehead atoms. The van der Waals surface area contributed by atoms with Crippen molar-refractivity contribution in [2.75, 3.05) is 6.61 Å². The summed E-state index contributed by atoms with van der Waals surface area (Å²) in [7, 11) is 0. The molecule has 1 heterocycles. The molecule has 17 heteroatoms. The molecule has 2 aromatic rings. The highest BCUT2D eigenvalue weighted by Crippen LogP contribution is 2.36. The summed E-state index contributed by atoms with van der Waals surface area (Å²) in [6.07, 6.45) is -13.5. The normalized spacial score (nSPS) is 13.3. The van der Waals surface area contributed by atoms with Crippen molar-refractivity contribution in [1.82, 2.24) is 15.6 Å². The number of urea groups is 1. The lowest BCUT2D eigenvalue weighted by molar-refractivity contribution is -0.192. The fourth-order valence-electron chi connectivity index (χ4n) is 2.76. The number of carbonyl (C=O) groups excluding carboxylic acids is 2. The van der Waals surface area contributed by atoms with Gasteiger partial charge in [0.25, 0.3) is 0 Å². The Labute approximate surface area is 214 Å². The molecule has 1 aromatic carbocycles. The number of pyridine rings is 1. The average molecular weight is 577 g/mol. The zero-order valence-corrected chi connectivity index (χ0v) is 19.8. The van der Waals surface area contributed by atoms with Crippen LogP contribution in [0.15, 0.2) is 42.6 Å². The Morgan fingerprint density at radius 2 is 1.46 bits per heavy atom. The molecule has 0 saturated heterocycles. The second kappa shape index (κ2) is 13.1. The molecule has 8 nitrogen and oxygen atoms in total. The molecule has 0 radical (unpaired) electrons. The minimum absolute atomic E-state index is 0.0452. The van der Waals surface area contributed by atoms with Gasteiger partial charge in [-0.3, -0.25) is 4.98 Å². The molecule has 0 unspecified atom stereocenters. The Hall–Kier alpha value is -4.05. The van der Waals surface area contributed by atoms with Crippen molar-refractivity contribution in [2.24, 2.45) is 0 Å². The van der Waals surface area contributed by atoms with E-state index in [0.29, 0.717) is 12.1 Å². The molecule has 216 valence electrons. The van der Waals surface area contributed by atoms with E-state index in [1.807, 2.05) is 0 Å². The predicted molar refractivity (Wildman–Crippen MR) is 114 cm³/mol. The van der Waals surface area contributed by atoms with Crippen molar-refractivity contribution >= 4 is 18.0 Å². The number of nitrogens with zero attached hydrogens (tertiary/aromatic N) is 1. The molecule has 3 N–H and O–H groups in total. The quantitative estimate of drug-likeness (QED) is 0.325. The maximum Gasteiger partial charge on any atom is 0.490 e. The van der Waals surface area contributed by atoms with E-state index in [9.17, 15) is 49.1 Å². The number of carboxylic acid groups (broad SMARTS) is 1. The molecule has 0 saturated carbocycles. The Morgan fingerprint density at radius 1 is 0.923 bits per heavy atom. The number of esters is 1. The number of aliphatic carboxylic acids is 1. The van der Waals surface area contributed by atoms with Gasteiger partial charge in [0.15, 0.2) is 0 Å². The van der Waals surface area contributed by atoms with E-state index >= 15 is 0 Å². The maximum atomic E-state index is 13.5. The van der Waals surface area contributed by atoms with E-state index in [2.05, 4.69) is 15.6 Å². The lowest BCUT2D eigenvalue weighted by atomic mass is 9.98. The number of rotatable bonds is 6. The molecule has 2 rings (SSSR count). The molecule has 0 fully saturated rings. The van der Waals surface area contributed by atoms with Crippen molar-refractivity contribution < 1.29 is 63.7 Å². The molecular formula is C22H20F9N3O5. The summed E-state index contributed by atoms with van der Waals surface area (Å²) in [4.78, 5) is 36.7. The van der Waals surface area contributed by atoms with Gasteiger partial charge in [0.1, 0.15) is 6.04 Å². The second-order valence-electron chi connectivity index (χ2n) is 7.38. The minimum Gasteiger partial charge on any atom is -0.475 e. The number of amides is 2. The topological polar surface area (TPSA) is 118 Å². The summed E-state index contributed by atoms with van der Waals surface area (Å²) in [5.41, 5.74) is -2.90. The van der Waals surface area contributed by atoms with Crippen molar-refractivity contribution in [1.29, 1.82) is 0 Å². The largest absolute Gasteiger partial charge is 0.490 e. The van der Waals surface area contributed by atoms with Crippen LogP contribution in [0.25, 0.3) is 0 Å². The summed E-state index contributed by atoms with van der Waals surface area (Å²) in [6, 6.07) is 1.28. The van der Waals surface area contributed by atoms with Gasteiger partial charge in [-0.15, -0.1) is 0 Å². The number of benzene rings is 1. The van der Waals surface area contributed by atoms with Crippen LogP contribution >= 0.6 is 0 Å². The molecular weight excluding hydrogens is 557 g/mol. The number of hydrogen-bond acceptors (Lipinski definition) is 5. The lowest BCUT2D eigenvalue weighted by Gasteiger charge is -2.23. The molecule has 0 aliphatic carbocycles. The SMILES string of the molecule is CCOC(=O)[C@H](C)NC(=O)N[C@@H](c1ccc(C(F)(F)F)cc1)c1ncccc1C(F)(F)F.O=C(O)C(F)(F)F. The lowest BCUT2D eigenvalue weighted by Crippen LogP contribution is -2.46. The van der Waals surface area contributed by atoms with Crippen LogP contribution in [0, 0.1) is 0 Å². The van der Waals surface area contributed by atoms with E-state index in [4.69, 9.17) is 14.6 Å². The van der Waals surface area contributed by atoms with Crippen molar-refractivity contribution in [3.63, 3.8) is 0 Å². The third-order valence-electron chi connectivity index (χ3n) is 4.49. The van der Waals surface area contributed by atoms with Crippen LogP contribution in [0.2, 0.25) is 0 Å². The van der Waals surface area contributed by atoms with Crippen LogP contribution in [-0.2, 0) is 26.7 Å². The number of carbonyl (C=O) groups is 3. The van der Waals surface area contributed by atoms with Crippen molar-refractivity contribution in [3.8, 4) is 0 Å². The summed E-state index contributed by atoms with van der Waals surface area (Å²) >= 11 is 0. The van der Waals surface area contributed by atoms with Crippen LogP contribution in [0.3, 0.4) is 0 Å². The van der Waals surface area contributed by atoms with Gasteiger partial charge in [-0.1, -0.05) is 12.1 Å². The molecule has 0 spiro atoms. The zero-order valence-electron chi connectivity index (χ0n) is 19.8. The van der Waals surface area contributed by atoms with E-state index in [1.165, 1.54) is 6.92 Å². The first kappa shape index (κ1) is 33.0. The highest BCUT2D eigenvalue weighted by Gasteiger charge is 2.39. The third-order valence-corrected chi connectivity index (χ3v) is 4.49. The van der Waals surface area contributed by atoms with E-state index in [1.54, 1.807) is 6.92 Å². The van der Waals surface area contributed by atoms with E-state index in [0.717, 1.165) is 30.5 Å². The molecule has 1 aromatic heterocycles. The maximum absolute atomic E-state index is 13.5. The molecule has 0 aliphatic heterocycles. The van der Waals surface area contributed by atoms with Crippen LogP contribution in [-0.4, -0.2) is 46.9 Å². The van der Waals surface area contributed by atoms with Gasteiger partial charge in [-0.2, -0.15) is 39.5 Å². The van der Waals surface area contributed by atoms with E-state index in [-0.39, 0.29) is 12.2 Å². The van der Waals surface area contributed by atoms with Crippen molar-refractivity contribution in [3.05, 3.63) is 65.0 Å². The number of alkyl halides is 9. The molecule has 2 atom stereocenters. The number of hydrogen-bond donors (Lipinski definition) is 3. The number of aromatic nitrogens is 1. The van der Waals surface area contributed by atoms with Gasteiger partial charge < -0.3 is 20.5 Å². The van der Waals surface area contributed by atoms with Crippen molar-refractivity contribution in [2.45, 2.75) is 44.5 Å². The molecule has 0 aliphatic rings. The minimum atomic E-state index is -5.08. The van der Waals surface area contributed by atoms with E-state index < -0.39 is 65.4 Å². The fourth-order valence-corrected chi connectivity index (χ4v) is 2.76. The van der Waals surface area contributed by atoms with Gasteiger partial charge in [-0.05, 0) is 43.7 Å². The number of halogens is 9.